The highest BCUT2D eigenvalue weighted by molar-refractivity contribution is 7.98. The summed E-state index contributed by atoms with van der Waals surface area (Å²) in [7, 11) is 0. The van der Waals surface area contributed by atoms with Crippen molar-refractivity contribution in [2.75, 3.05) is 6.26 Å². The minimum Gasteiger partial charge on any atom is -0.333 e. The maximum atomic E-state index is 10.7. The zero-order valence-corrected chi connectivity index (χ0v) is 8.17. The minimum atomic E-state index is -0.423. The molecule has 1 N–H and O–H groups in total. The number of aromatic nitrogens is 2. The number of thioether (sulfide) groups is 1. The Morgan fingerprint density at radius 3 is 3.00 bits per heavy atom. The van der Waals surface area contributed by atoms with E-state index in [0.717, 1.165) is 0 Å². The first kappa shape index (κ1) is 9.01. The number of non-ortho nitro benzene ring substituents is 1. The van der Waals surface area contributed by atoms with Gasteiger partial charge in [-0.2, -0.15) is 0 Å². The monoisotopic (exact) mass is 209 g/mol. The zero-order valence-electron chi connectivity index (χ0n) is 7.35. The fourth-order valence-electron chi connectivity index (χ4n) is 1.24. The number of H-pyrrole nitrogens is 1. The number of hydrogen-bond donors (Lipinski definition) is 1. The minimum absolute atomic E-state index is 0.0408. The molecule has 1 aromatic heterocycles. The van der Waals surface area contributed by atoms with Crippen molar-refractivity contribution in [3.8, 4) is 0 Å². The first-order chi connectivity index (χ1) is 6.72. The Kier molecular flexibility index (Phi) is 2.12. The Bertz CT molecular complexity index is 494. The van der Waals surface area contributed by atoms with Gasteiger partial charge in [0.25, 0.3) is 5.69 Å². The number of benzene rings is 1. The van der Waals surface area contributed by atoms with Gasteiger partial charge in [-0.3, -0.25) is 10.1 Å². The van der Waals surface area contributed by atoms with E-state index >= 15 is 0 Å². The average Bonchev–Trinajstić information content (AvgIpc) is 2.59. The standard InChI is InChI=1S/C8H7N3O2S/c1-14-8-9-5-3-2-4-6(11(12)13)7(5)10-8/h2-4H,1H3,(H,9,10). The molecule has 1 aromatic carbocycles. The second-order valence-electron chi connectivity index (χ2n) is 2.68. The number of para-hydroxylation sites is 1. The molecule has 0 unspecified atom stereocenters. The first-order valence-corrected chi connectivity index (χ1v) is 5.12. The molecule has 0 aliphatic carbocycles. The lowest BCUT2D eigenvalue weighted by Crippen LogP contribution is -1.88. The van der Waals surface area contributed by atoms with E-state index in [-0.39, 0.29) is 5.69 Å². The summed E-state index contributed by atoms with van der Waals surface area (Å²) < 4.78 is 0. The lowest BCUT2D eigenvalue weighted by Gasteiger charge is -1.90. The van der Waals surface area contributed by atoms with Gasteiger partial charge in [0.15, 0.2) is 10.7 Å². The van der Waals surface area contributed by atoms with Gasteiger partial charge in [0.1, 0.15) is 0 Å². The van der Waals surface area contributed by atoms with Crippen LogP contribution in [0.25, 0.3) is 11.0 Å². The van der Waals surface area contributed by atoms with Crippen LogP contribution in [0.1, 0.15) is 0 Å². The van der Waals surface area contributed by atoms with Crippen molar-refractivity contribution in [1.82, 2.24) is 9.97 Å². The molecule has 2 aromatic rings. The Morgan fingerprint density at radius 1 is 1.57 bits per heavy atom. The van der Waals surface area contributed by atoms with E-state index in [9.17, 15) is 10.1 Å². The molecule has 0 aliphatic heterocycles. The number of fused-ring (bicyclic) bond motifs is 1. The van der Waals surface area contributed by atoms with E-state index in [1.807, 2.05) is 6.26 Å². The summed E-state index contributed by atoms with van der Waals surface area (Å²) in [5.74, 6) is 0. The van der Waals surface area contributed by atoms with E-state index < -0.39 is 4.92 Å². The molecule has 0 saturated heterocycles. The normalized spacial score (nSPS) is 10.6. The molecule has 0 radical (unpaired) electrons. The van der Waals surface area contributed by atoms with Crippen molar-refractivity contribution in [1.29, 1.82) is 0 Å². The molecule has 0 aliphatic rings. The van der Waals surface area contributed by atoms with Crippen molar-refractivity contribution in [2.45, 2.75) is 5.16 Å². The largest absolute Gasteiger partial charge is 0.333 e. The lowest BCUT2D eigenvalue weighted by molar-refractivity contribution is -0.383. The van der Waals surface area contributed by atoms with Crippen molar-refractivity contribution < 1.29 is 4.92 Å². The van der Waals surface area contributed by atoms with E-state index in [0.29, 0.717) is 16.2 Å². The van der Waals surface area contributed by atoms with Gasteiger partial charge in [-0.15, -0.1) is 0 Å². The van der Waals surface area contributed by atoms with Gasteiger partial charge >= 0.3 is 0 Å². The maximum Gasteiger partial charge on any atom is 0.297 e. The van der Waals surface area contributed by atoms with Crippen LogP contribution >= 0.6 is 11.8 Å². The number of aromatic amines is 1. The van der Waals surface area contributed by atoms with Gasteiger partial charge < -0.3 is 4.98 Å². The molecule has 0 spiro atoms. The van der Waals surface area contributed by atoms with Crippen LogP contribution in [0.5, 0.6) is 0 Å². The summed E-state index contributed by atoms with van der Waals surface area (Å²) in [4.78, 5) is 17.3. The highest BCUT2D eigenvalue weighted by Gasteiger charge is 2.14. The highest BCUT2D eigenvalue weighted by Crippen LogP contribution is 2.25. The van der Waals surface area contributed by atoms with Crippen LogP contribution in [-0.2, 0) is 0 Å². The summed E-state index contributed by atoms with van der Waals surface area (Å²) in [6.07, 6.45) is 1.86. The van der Waals surface area contributed by atoms with Gasteiger partial charge in [-0.1, -0.05) is 17.8 Å². The van der Waals surface area contributed by atoms with Crippen molar-refractivity contribution >= 4 is 28.5 Å². The molecule has 1 heterocycles. The van der Waals surface area contributed by atoms with Crippen LogP contribution in [-0.4, -0.2) is 21.1 Å². The first-order valence-electron chi connectivity index (χ1n) is 3.89. The number of rotatable bonds is 2. The number of nitro benzene ring substituents is 1. The molecular weight excluding hydrogens is 202 g/mol. The molecule has 14 heavy (non-hydrogen) atoms. The third kappa shape index (κ3) is 1.33. The summed E-state index contributed by atoms with van der Waals surface area (Å²) in [6, 6.07) is 4.87. The van der Waals surface area contributed by atoms with E-state index in [1.54, 1.807) is 12.1 Å². The van der Waals surface area contributed by atoms with E-state index in [2.05, 4.69) is 9.97 Å². The molecule has 5 nitrogen and oxygen atoms in total. The average molecular weight is 209 g/mol. The Labute approximate surface area is 83.7 Å². The zero-order chi connectivity index (χ0) is 10.1. The van der Waals surface area contributed by atoms with Crippen LogP contribution in [0.3, 0.4) is 0 Å². The number of nitrogens with one attached hydrogen (secondary N) is 1. The third-order valence-electron chi connectivity index (χ3n) is 1.86. The van der Waals surface area contributed by atoms with Crippen molar-refractivity contribution in [3.05, 3.63) is 28.3 Å². The molecule has 0 saturated carbocycles. The molecule has 0 bridgehead atoms. The van der Waals surface area contributed by atoms with Gasteiger partial charge in [-0.25, -0.2) is 4.98 Å². The molecule has 6 heteroatoms. The maximum absolute atomic E-state index is 10.7. The molecule has 0 fully saturated rings. The lowest BCUT2D eigenvalue weighted by atomic mass is 10.3. The van der Waals surface area contributed by atoms with Crippen LogP contribution in [0.15, 0.2) is 23.4 Å². The molecular formula is C8H7N3O2S. The predicted molar refractivity (Wildman–Crippen MR) is 54.5 cm³/mol. The van der Waals surface area contributed by atoms with Crippen molar-refractivity contribution in [2.24, 2.45) is 0 Å². The number of hydrogen-bond acceptors (Lipinski definition) is 4. The van der Waals surface area contributed by atoms with E-state index in [4.69, 9.17) is 0 Å². The molecule has 0 amide bonds. The molecule has 0 atom stereocenters. The van der Waals surface area contributed by atoms with Gasteiger partial charge in [0.05, 0.1) is 10.4 Å². The van der Waals surface area contributed by atoms with Crippen LogP contribution in [0, 0.1) is 10.1 Å². The van der Waals surface area contributed by atoms with Crippen LogP contribution < -0.4 is 0 Å². The Morgan fingerprint density at radius 2 is 2.36 bits per heavy atom. The Balaban J connectivity index is 2.73. The van der Waals surface area contributed by atoms with Crippen LogP contribution in [0.4, 0.5) is 5.69 Å². The number of nitro groups is 1. The third-order valence-corrected chi connectivity index (χ3v) is 2.44. The predicted octanol–water partition coefficient (Wildman–Crippen LogP) is 2.19. The SMILES string of the molecule is CSc1nc2c([N+](=O)[O-])cccc2[nH]1. The summed E-state index contributed by atoms with van der Waals surface area (Å²) in [6.45, 7) is 0. The summed E-state index contributed by atoms with van der Waals surface area (Å²) >= 11 is 1.43. The highest BCUT2D eigenvalue weighted by atomic mass is 32.2. The number of imidazole rings is 1. The van der Waals surface area contributed by atoms with Gasteiger partial charge in [0, 0.05) is 6.07 Å². The van der Waals surface area contributed by atoms with Gasteiger partial charge in [0.2, 0.25) is 0 Å². The van der Waals surface area contributed by atoms with E-state index in [1.165, 1.54) is 17.8 Å². The fraction of sp³-hybridized carbons (Fsp3) is 0.125. The smallest absolute Gasteiger partial charge is 0.297 e. The van der Waals surface area contributed by atoms with Crippen LogP contribution in [0.2, 0.25) is 0 Å². The molecule has 2 rings (SSSR count). The topological polar surface area (TPSA) is 71.8 Å². The summed E-state index contributed by atoms with van der Waals surface area (Å²) in [5.41, 5.74) is 1.16. The number of nitrogens with zero attached hydrogens (tertiary/aromatic N) is 2. The van der Waals surface area contributed by atoms with Crippen molar-refractivity contribution in [3.63, 3.8) is 0 Å². The second kappa shape index (κ2) is 3.30. The van der Waals surface area contributed by atoms with Gasteiger partial charge in [-0.05, 0) is 12.3 Å². The Hall–Kier alpha value is -1.56. The fourth-order valence-corrected chi connectivity index (χ4v) is 1.63. The molecule has 72 valence electrons. The quantitative estimate of drug-likeness (QED) is 0.467. The second-order valence-corrected chi connectivity index (χ2v) is 3.47. The summed E-state index contributed by atoms with van der Waals surface area (Å²) in [5, 5.41) is 11.3.